The van der Waals surface area contributed by atoms with Gasteiger partial charge in [-0.05, 0) is 18.1 Å². The van der Waals surface area contributed by atoms with Gasteiger partial charge < -0.3 is 4.74 Å². The first-order chi connectivity index (χ1) is 7.52. The predicted molar refractivity (Wildman–Crippen MR) is 57.9 cm³/mol. The van der Waals surface area contributed by atoms with E-state index in [-0.39, 0.29) is 16.6 Å². The number of hydrogen-bond acceptors (Lipinski definition) is 3. The van der Waals surface area contributed by atoms with Crippen molar-refractivity contribution < 1.29 is 18.3 Å². The molecule has 16 heavy (non-hydrogen) atoms. The van der Waals surface area contributed by atoms with Crippen LogP contribution in [0.25, 0.3) is 0 Å². The Morgan fingerprint density at radius 1 is 1.62 bits per heavy atom. The molecule has 6 heteroatoms. The zero-order valence-electron chi connectivity index (χ0n) is 8.76. The quantitative estimate of drug-likeness (QED) is 0.635. The number of rotatable bonds is 3. The molecule has 0 radical (unpaired) electrons. The van der Waals surface area contributed by atoms with Crippen molar-refractivity contribution in [3.63, 3.8) is 0 Å². The average Bonchev–Trinajstić information content (AvgIpc) is 2.26. The number of alkyl halides is 3. The second-order valence-electron chi connectivity index (χ2n) is 3.09. The summed E-state index contributed by atoms with van der Waals surface area (Å²) in [5.74, 6) is -0.627. The van der Waals surface area contributed by atoms with Crippen LogP contribution in [0.1, 0.15) is 33.6 Å². The van der Waals surface area contributed by atoms with Crippen molar-refractivity contribution in [2.45, 2.75) is 18.7 Å². The summed E-state index contributed by atoms with van der Waals surface area (Å²) in [6.45, 7) is 1.53. The molecule has 1 heterocycles. The molecule has 1 aromatic rings. The van der Waals surface area contributed by atoms with Crippen molar-refractivity contribution in [1.82, 2.24) is 4.98 Å². The number of esters is 1. The molecule has 0 saturated carbocycles. The number of methoxy groups -OCH3 is 1. The molecule has 88 valence electrons. The molecule has 0 aliphatic carbocycles. The van der Waals surface area contributed by atoms with Crippen molar-refractivity contribution in [3.8, 4) is 0 Å². The topological polar surface area (TPSA) is 39.2 Å². The highest BCUT2D eigenvalue weighted by molar-refractivity contribution is 9.08. The first-order valence-corrected chi connectivity index (χ1v) is 5.55. The maximum absolute atomic E-state index is 12.6. The Kier molecular flexibility index (Phi) is 4.35. The molecular formula is C10H10BrF2NO2. The number of carbonyl (C=O) groups excluding carboxylic acids is 1. The first kappa shape index (κ1) is 13.0. The maximum atomic E-state index is 12.6. The van der Waals surface area contributed by atoms with Gasteiger partial charge in [0.25, 0.3) is 6.43 Å². The van der Waals surface area contributed by atoms with E-state index < -0.39 is 12.4 Å². The normalized spacial score (nSPS) is 10.6. The summed E-state index contributed by atoms with van der Waals surface area (Å²) in [5, 5.41) is 0.275. The van der Waals surface area contributed by atoms with E-state index >= 15 is 0 Å². The number of hydrogen-bond donors (Lipinski definition) is 0. The monoisotopic (exact) mass is 293 g/mol. The Labute approximate surface area is 99.9 Å². The van der Waals surface area contributed by atoms with Gasteiger partial charge in [-0.2, -0.15) is 0 Å². The molecule has 0 aliphatic rings. The molecule has 0 aliphatic heterocycles. The third kappa shape index (κ3) is 2.37. The van der Waals surface area contributed by atoms with E-state index in [2.05, 4.69) is 25.7 Å². The standard InChI is InChI=1S/C10H10BrF2NO2/c1-5-6(3-11)8(10(15)16-2)14-4-7(5)9(12)13/h4,9H,3H2,1-2H3. The van der Waals surface area contributed by atoms with Crippen LogP contribution in [0.3, 0.4) is 0 Å². The van der Waals surface area contributed by atoms with Crippen LogP contribution in [0.5, 0.6) is 0 Å². The predicted octanol–water partition coefficient (Wildman–Crippen LogP) is 3.01. The van der Waals surface area contributed by atoms with E-state index in [9.17, 15) is 13.6 Å². The van der Waals surface area contributed by atoms with Gasteiger partial charge in [0.05, 0.1) is 7.11 Å². The highest BCUT2D eigenvalue weighted by Crippen LogP contribution is 2.27. The summed E-state index contributed by atoms with van der Waals surface area (Å²) >= 11 is 3.15. The lowest BCUT2D eigenvalue weighted by Gasteiger charge is -2.11. The van der Waals surface area contributed by atoms with Gasteiger partial charge in [0.1, 0.15) is 0 Å². The Morgan fingerprint density at radius 3 is 2.69 bits per heavy atom. The van der Waals surface area contributed by atoms with E-state index in [0.29, 0.717) is 11.1 Å². The van der Waals surface area contributed by atoms with Crippen molar-refractivity contribution in [1.29, 1.82) is 0 Å². The molecule has 0 spiro atoms. The van der Waals surface area contributed by atoms with Crippen molar-refractivity contribution >= 4 is 21.9 Å². The lowest BCUT2D eigenvalue weighted by molar-refractivity contribution is 0.0592. The molecule has 0 atom stereocenters. The third-order valence-corrected chi connectivity index (χ3v) is 2.81. The van der Waals surface area contributed by atoms with Gasteiger partial charge in [0.2, 0.25) is 0 Å². The van der Waals surface area contributed by atoms with E-state index in [1.165, 1.54) is 14.0 Å². The van der Waals surface area contributed by atoms with Crippen LogP contribution in [0, 0.1) is 6.92 Å². The summed E-state index contributed by atoms with van der Waals surface area (Å²) in [4.78, 5) is 15.1. The van der Waals surface area contributed by atoms with Crippen molar-refractivity contribution in [2.24, 2.45) is 0 Å². The summed E-state index contributed by atoms with van der Waals surface area (Å²) in [6.07, 6.45) is -1.59. The van der Waals surface area contributed by atoms with E-state index in [0.717, 1.165) is 6.20 Å². The highest BCUT2D eigenvalue weighted by atomic mass is 79.9. The van der Waals surface area contributed by atoms with E-state index in [1.54, 1.807) is 0 Å². The molecule has 1 aromatic heterocycles. The third-order valence-electron chi connectivity index (χ3n) is 2.25. The van der Waals surface area contributed by atoms with Crippen LogP contribution >= 0.6 is 15.9 Å². The van der Waals surface area contributed by atoms with E-state index in [1.807, 2.05) is 0 Å². The molecular weight excluding hydrogens is 284 g/mol. The van der Waals surface area contributed by atoms with Gasteiger partial charge in [-0.25, -0.2) is 18.6 Å². The van der Waals surface area contributed by atoms with Gasteiger partial charge in [-0.15, -0.1) is 0 Å². The Balaban J connectivity index is 3.35. The largest absolute Gasteiger partial charge is 0.464 e. The van der Waals surface area contributed by atoms with Gasteiger partial charge in [-0.1, -0.05) is 15.9 Å². The molecule has 0 bridgehead atoms. The number of nitrogens with zero attached hydrogens (tertiary/aromatic N) is 1. The Bertz CT molecular complexity index is 410. The minimum atomic E-state index is -2.60. The maximum Gasteiger partial charge on any atom is 0.356 e. The van der Waals surface area contributed by atoms with Crippen LogP contribution in [0.15, 0.2) is 6.20 Å². The highest BCUT2D eigenvalue weighted by Gasteiger charge is 2.20. The van der Waals surface area contributed by atoms with E-state index in [4.69, 9.17) is 0 Å². The second-order valence-corrected chi connectivity index (χ2v) is 3.65. The van der Waals surface area contributed by atoms with Crippen molar-refractivity contribution in [3.05, 3.63) is 28.6 Å². The molecule has 3 nitrogen and oxygen atoms in total. The van der Waals surface area contributed by atoms with Gasteiger partial charge >= 0.3 is 5.97 Å². The van der Waals surface area contributed by atoms with Crippen LogP contribution in [0.4, 0.5) is 8.78 Å². The molecule has 1 rings (SSSR count). The second kappa shape index (κ2) is 5.34. The lowest BCUT2D eigenvalue weighted by atomic mass is 10.0. The molecule has 0 N–H and O–H groups in total. The fraction of sp³-hybridized carbons (Fsp3) is 0.400. The van der Waals surface area contributed by atoms with Crippen LogP contribution in [0.2, 0.25) is 0 Å². The zero-order valence-corrected chi connectivity index (χ0v) is 10.3. The number of ether oxygens (including phenoxy) is 1. The number of pyridine rings is 1. The summed E-state index contributed by atoms with van der Waals surface area (Å²) in [6, 6.07) is 0. The molecule has 0 fully saturated rings. The fourth-order valence-corrected chi connectivity index (χ4v) is 2.00. The minimum absolute atomic E-state index is 0.0706. The first-order valence-electron chi connectivity index (χ1n) is 4.43. The fourth-order valence-electron chi connectivity index (χ4n) is 1.32. The lowest BCUT2D eigenvalue weighted by Crippen LogP contribution is -2.11. The average molecular weight is 294 g/mol. The molecule has 0 amide bonds. The van der Waals surface area contributed by atoms with Gasteiger partial charge in [-0.3, -0.25) is 0 Å². The van der Waals surface area contributed by atoms with Crippen molar-refractivity contribution in [2.75, 3.05) is 7.11 Å². The summed E-state index contributed by atoms with van der Waals surface area (Å²) in [7, 11) is 1.22. The molecule has 0 unspecified atom stereocenters. The minimum Gasteiger partial charge on any atom is -0.464 e. The van der Waals surface area contributed by atoms with Gasteiger partial charge in [0, 0.05) is 17.1 Å². The summed E-state index contributed by atoms with van der Waals surface area (Å²) in [5.41, 5.74) is 0.704. The Morgan fingerprint density at radius 2 is 2.25 bits per heavy atom. The SMILES string of the molecule is COC(=O)c1ncc(C(F)F)c(C)c1CBr. The summed E-state index contributed by atoms with van der Waals surface area (Å²) < 4.78 is 29.7. The Hall–Kier alpha value is -1.04. The molecule has 0 aromatic carbocycles. The van der Waals surface area contributed by atoms with Crippen LogP contribution in [-0.4, -0.2) is 18.1 Å². The number of halogens is 3. The van der Waals surface area contributed by atoms with Crippen LogP contribution in [-0.2, 0) is 10.1 Å². The number of carbonyl (C=O) groups is 1. The molecule has 0 saturated heterocycles. The van der Waals surface area contributed by atoms with Gasteiger partial charge in [0.15, 0.2) is 5.69 Å². The number of aromatic nitrogens is 1. The zero-order chi connectivity index (χ0) is 12.3. The smallest absolute Gasteiger partial charge is 0.356 e. The van der Waals surface area contributed by atoms with Crippen LogP contribution < -0.4 is 0 Å².